The molecule has 0 saturated heterocycles. The van der Waals surface area contributed by atoms with E-state index >= 15 is 0 Å². The van der Waals surface area contributed by atoms with Crippen molar-refractivity contribution in [3.63, 3.8) is 0 Å². The topological polar surface area (TPSA) is 66.4 Å². The van der Waals surface area contributed by atoms with Crippen molar-refractivity contribution < 1.29 is 23.7 Å². The summed E-state index contributed by atoms with van der Waals surface area (Å²) in [7, 11) is 3.12. The number of benzene rings is 1. The van der Waals surface area contributed by atoms with Gasteiger partial charge in [0.15, 0.2) is 18.5 Å². The molecule has 0 aliphatic carbocycles. The van der Waals surface area contributed by atoms with Gasteiger partial charge >= 0.3 is 5.97 Å². The fourth-order valence-corrected chi connectivity index (χ4v) is 2.03. The van der Waals surface area contributed by atoms with E-state index in [0.717, 1.165) is 5.56 Å². The number of carbonyl (C=O) groups excluding carboxylic acids is 1. The van der Waals surface area contributed by atoms with E-state index in [1.165, 1.54) is 6.40 Å². The largest absolute Gasteiger partial charge is 0.497 e. The molecule has 6 nitrogen and oxygen atoms in total. The van der Waals surface area contributed by atoms with Gasteiger partial charge in [-0.1, -0.05) is 0 Å². The third-order valence-corrected chi connectivity index (χ3v) is 2.99. The zero-order chi connectivity index (χ0) is 14.5. The van der Waals surface area contributed by atoms with Crippen LogP contribution in [-0.4, -0.2) is 39.2 Å². The van der Waals surface area contributed by atoms with Crippen molar-refractivity contribution in [2.45, 2.75) is 19.1 Å². The monoisotopic (exact) mass is 279 g/mol. The Morgan fingerprint density at radius 3 is 2.80 bits per heavy atom. The molecule has 0 N–H and O–H groups in total. The molecule has 0 spiro atoms. The van der Waals surface area contributed by atoms with Crippen LogP contribution in [0.2, 0.25) is 0 Å². The van der Waals surface area contributed by atoms with Crippen molar-refractivity contribution in [1.29, 1.82) is 0 Å². The average Bonchev–Trinajstić information content (AvgIpc) is 2.96. The van der Waals surface area contributed by atoms with Crippen molar-refractivity contribution in [1.82, 2.24) is 0 Å². The van der Waals surface area contributed by atoms with Crippen LogP contribution in [0.25, 0.3) is 0 Å². The Bertz CT molecular complexity index is 514. The quantitative estimate of drug-likeness (QED) is 0.768. The summed E-state index contributed by atoms with van der Waals surface area (Å²) in [6.45, 7) is 2.05. The van der Waals surface area contributed by atoms with Gasteiger partial charge in [-0.2, -0.15) is 0 Å². The first-order valence-electron chi connectivity index (χ1n) is 6.27. The van der Waals surface area contributed by atoms with Crippen LogP contribution in [0.5, 0.6) is 11.5 Å². The van der Waals surface area contributed by atoms with Crippen LogP contribution in [0.4, 0.5) is 0 Å². The Morgan fingerprint density at radius 1 is 1.35 bits per heavy atom. The van der Waals surface area contributed by atoms with E-state index in [-0.39, 0.29) is 0 Å². The minimum atomic E-state index is -0.711. The minimum absolute atomic E-state index is 0.303. The van der Waals surface area contributed by atoms with Crippen molar-refractivity contribution in [3.05, 3.63) is 23.8 Å². The van der Waals surface area contributed by atoms with Crippen LogP contribution in [-0.2, 0) is 14.3 Å². The second-order valence-corrected chi connectivity index (χ2v) is 4.12. The lowest BCUT2D eigenvalue weighted by Crippen LogP contribution is -2.26. The third-order valence-electron chi connectivity index (χ3n) is 2.99. The molecule has 1 aromatic rings. The van der Waals surface area contributed by atoms with Crippen LogP contribution >= 0.6 is 0 Å². The second-order valence-electron chi connectivity index (χ2n) is 4.12. The van der Waals surface area contributed by atoms with E-state index in [1.54, 1.807) is 39.3 Å². The lowest BCUT2D eigenvalue weighted by Gasteiger charge is -2.19. The molecule has 2 rings (SSSR count). The highest BCUT2D eigenvalue weighted by atomic mass is 16.5. The maximum Gasteiger partial charge on any atom is 0.335 e. The summed E-state index contributed by atoms with van der Waals surface area (Å²) in [5.41, 5.74) is 0.726. The fraction of sp³-hybridized carbons (Fsp3) is 0.429. The number of hydrogen-bond donors (Lipinski definition) is 0. The Hall–Kier alpha value is -2.24. The highest BCUT2D eigenvalue weighted by Crippen LogP contribution is 2.36. The Morgan fingerprint density at radius 2 is 2.15 bits per heavy atom. The van der Waals surface area contributed by atoms with E-state index in [0.29, 0.717) is 18.1 Å². The van der Waals surface area contributed by atoms with Gasteiger partial charge in [-0.15, -0.1) is 0 Å². The van der Waals surface area contributed by atoms with Gasteiger partial charge in [0, 0.05) is 11.6 Å². The molecule has 0 radical (unpaired) electrons. The molecule has 1 aliphatic heterocycles. The Balaban J connectivity index is 2.28. The molecule has 0 aromatic heterocycles. The van der Waals surface area contributed by atoms with Gasteiger partial charge in [0.2, 0.25) is 0 Å². The minimum Gasteiger partial charge on any atom is -0.497 e. The summed E-state index contributed by atoms with van der Waals surface area (Å²) in [6, 6.07) is 4.60. The number of ether oxygens (including phenoxy) is 4. The number of esters is 1. The lowest BCUT2D eigenvalue weighted by molar-refractivity contribution is -0.146. The molecule has 0 saturated carbocycles. The normalized spacial score (nSPS) is 20.4. The van der Waals surface area contributed by atoms with Gasteiger partial charge in [0.05, 0.1) is 20.8 Å². The molecule has 0 fully saturated rings. The predicted octanol–water partition coefficient (Wildman–Crippen LogP) is 1.74. The van der Waals surface area contributed by atoms with Gasteiger partial charge in [-0.3, -0.25) is 0 Å². The standard InChI is InChI=1S/C14H17NO5/c1-4-19-14(16)12-13(20-8-15-12)10-6-5-9(17-2)7-11(10)18-3/h5-8,12-13H,4H2,1-3H3. The molecule has 1 heterocycles. The summed E-state index contributed by atoms with van der Waals surface area (Å²) in [5, 5.41) is 0. The number of hydrogen-bond acceptors (Lipinski definition) is 6. The molecule has 1 aliphatic rings. The third kappa shape index (κ3) is 2.68. The maximum atomic E-state index is 11.9. The molecule has 20 heavy (non-hydrogen) atoms. The summed E-state index contributed by atoms with van der Waals surface area (Å²) in [6.07, 6.45) is 0.727. The Kier molecular flexibility index (Phi) is 4.45. The summed E-state index contributed by atoms with van der Waals surface area (Å²) in [4.78, 5) is 15.9. The van der Waals surface area contributed by atoms with E-state index < -0.39 is 18.1 Å². The number of aliphatic imine (C=N–C) groups is 1. The van der Waals surface area contributed by atoms with Crippen LogP contribution in [0.15, 0.2) is 23.2 Å². The number of methoxy groups -OCH3 is 2. The zero-order valence-electron chi connectivity index (χ0n) is 11.7. The molecule has 6 heteroatoms. The van der Waals surface area contributed by atoms with Crippen LogP contribution in [0.1, 0.15) is 18.6 Å². The van der Waals surface area contributed by atoms with E-state index in [9.17, 15) is 4.79 Å². The average molecular weight is 279 g/mol. The van der Waals surface area contributed by atoms with Crippen LogP contribution < -0.4 is 9.47 Å². The van der Waals surface area contributed by atoms with Crippen molar-refractivity contribution >= 4 is 12.4 Å². The Labute approximate surface area is 117 Å². The molecule has 2 unspecified atom stereocenters. The first-order valence-corrected chi connectivity index (χ1v) is 6.27. The highest BCUT2D eigenvalue weighted by Gasteiger charge is 2.37. The summed E-state index contributed by atoms with van der Waals surface area (Å²) in [5.74, 6) is 0.829. The van der Waals surface area contributed by atoms with Crippen molar-refractivity contribution in [2.24, 2.45) is 4.99 Å². The molecule has 0 bridgehead atoms. The SMILES string of the molecule is CCOC(=O)C1N=COC1c1ccc(OC)cc1OC. The first-order chi connectivity index (χ1) is 9.71. The number of rotatable bonds is 5. The van der Waals surface area contributed by atoms with Gasteiger partial charge in [-0.25, -0.2) is 9.79 Å². The predicted molar refractivity (Wildman–Crippen MR) is 72.3 cm³/mol. The van der Waals surface area contributed by atoms with Gasteiger partial charge < -0.3 is 18.9 Å². The molecule has 0 amide bonds. The molecular weight excluding hydrogens is 262 g/mol. The number of nitrogens with zero attached hydrogens (tertiary/aromatic N) is 1. The number of carbonyl (C=O) groups is 1. The smallest absolute Gasteiger partial charge is 0.335 e. The summed E-state index contributed by atoms with van der Waals surface area (Å²) < 4.78 is 20.9. The van der Waals surface area contributed by atoms with Gasteiger partial charge in [-0.05, 0) is 19.1 Å². The fourth-order valence-electron chi connectivity index (χ4n) is 2.03. The van der Waals surface area contributed by atoms with Crippen molar-refractivity contribution in [2.75, 3.05) is 20.8 Å². The van der Waals surface area contributed by atoms with Gasteiger partial charge in [0.1, 0.15) is 11.5 Å². The van der Waals surface area contributed by atoms with E-state index in [1.807, 2.05) is 0 Å². The molecule has 108 valence electrons. The molecular formula is C14H17NO5. The van der Waals surface area contributed by atoms with E-state index in [2.05, 4.69) is 4.99 Å². The molecule has 2 atom stereocenters. The van der Waals surface area contributed by atoms with Crippen molar-refractivity contribution in [3.8, 4) is 11.5 Å². The second kappa shape index (κ2) is 6.27. The highest BCUT2D eigenvalue weighted by molar-refractivity contribution is 5.80. The zero-order valence-corrected chi connectivity index (χ0v) is 11.7. The van der Waals surface area contributed by atoms with Crippen LogP contribution in [0.3, 0.4) is 0 Å². The maximum absolute atomic E-state index is 11.9. The van der Waals surface area contributed by atoms with Gasteiger partial charge in [0.25, 0.3) is 0 Å². The van der Waals surface area contributed by atoms with E-state index in [4.69, 9.17) is 18.9 Å². The summed E-state index contributed by atoms with van der Waals surface area (Å²) >= 11 is 0. The first kappa shape index (κ1) is 14.2. The lowest BCUT2D eigenvalue weighted by atomic mass is 10.0. The molecule has 1 aromatic carbocycles. The van der Waals surface area contributed by atoms with Crippen LogP contribution in [0, 0.1) is 0 Å².